The summed E-state index contributed by atoms with van der Waals surface area (Å²) in [5.74, 6) is -0.232. The van der Waals surface area contributed by atoms with Gasteiger partial charge in [0.05, 0.1) is 27.9 Å². The predicted molar refractivity (Wildman–Crippen MR) is 126 cm³/mol. The second-order valence-electron chi connectivity index (χ2n) is 6.59. The third-order valence-electron chi connectivity index (χ3n) is 4.37. The average Bonchev–Trinajstić information content (AvgIpc) is 3.20. The quantitative estimate of drug-likeness (QED) is 0.251. The molecule has 0 aliphatic heterocycles. The number of nitrogens with one attached hydrogen (secondary N) is 2. The van der Waals surface area contributed by atoms with Gasteiger partial charge in [-0.15, -0.1) is 10.2 Å². The summed E-state index contributed by atoms with van der Waals surface area (Å²) in [6.07, 6.45) is 0. The lowest BCUT2D eigenvalue weighted by molar-refractivity contribution is -0.384. The lowest BCUT2D eigenvalue weighted by atomic mass is 10.2. The van der Waals surface area contributed by atoms with E-state index in [0.717, 1.165) is 0 Å². The number of carbonyl (C=O) groups is 2. The van der Waals surface area contributed by atoms with Crippen LogP contribution < -0.4 is 10.6 Å². The van der Waals surface area contributed by atoms with Crippen LogP contribution in [0.5, 0.6) is 0 Å². The Hall–Kier alpha value is -3.15. The Kier molecular flexibility index (Phi) is 8.26. The summed E-state index contributed by atoms with van der Waals surface area (Å²) in [6, 6.07) is 10.2. The van der Waals surface area contributed by atoms with Crippen molar-refractivity contribution in [1.29, 1.82) is 0 Å². The van der Waals surface area contributed by atoms with Crippen LogP contribution in [0.3, 0.4) is 0 Å². The number of hydrogen-bond acceptors (Lipinski definition) is 7. The summed E-state index contributed by atoms with van der Waals surface area (Å²) in [5.41, 5.74) is 0.407. The second kappa shape index (κ2) is 11.1. The number of hydrogen-bond donors (Lipinski definition) is 2. The normalized spacial score (nSPS) is 10.6. The summed E-state index contributed by atoms with van der Waals surface area (Å²) < 4.78 is 1.76. The molecule has 0 aliphatic rings. The topological polar surface area (TPSA) is 132 Å². The molecule has 2 N–H and O–H groups in total. The number of nitro groups is 1. The number of nitro benzene ring substituents is 1. The SMILES string of the molecule is CCn1c(CNC(=O)c2cccc([N+](=O)[O-])c2)nnc1SCC(=O)Nc1cc(Cl)ccc1Cl. The molecule has 0 saturated carbocycles. The number of rotatable bonds is 9. The van der Waals surface area contributed by atoms with Crippen LogP contribution in [0.25, 0.3) is 0 Å². The molecule has 0 saturated heterocycles. The molecule has 13 heteroatoms. The molecule has 3 aromatic rings. The average molecular weight is 509 g/mol. The molecule has 0 fully saturated rings. The van der Waals surface area contributed by atoms with E-state index in [1.54, 1.807) is 22.8 Å². The van der Waals surface area contributed by atoms with Gasteiger partial charge in [0.15, 0.2) is 11.0 Å². The first-order chi connectivity index (χ1) is 15.8. The highest BCUT2D eigenvalue weighted by Gasteiger charge is 2.16. The number of amides is 2. The molecule has 0 unspecified atom stereocenters. The van der Waals surface area contributed by atoms with E-state index in [2.05, 4.69) is 20.8 Å². The van der Waals surface area contributed by atoms with Gasteiger partial charge in [0, 0.05) is 29.3 Å². The Morgan fingerprint density at radius 3 is 2.70 bits per heavy atom. The minimum absolute atomic E-state index is 0.0566. The molecular formula is C20H18Cl2N6O4S. The Labute approximate surface area is 202 Å². The fourth-order valence-electron chi connectivity index (χ4n) is 2.81. The van der Waals surface area contributed by atoms with Gasteiger partial charge in [0.2, 0.25) is 5.91 Å². The number of aromatic nitrogens is 3. The number of nitrogens with zero attached hydrogens (tertiary/aromatic N) is 4. The molecule has 0 bridgehead atoms. The van der Waals surface area contributed by atoms with Crippen LogP contribution in [0.15, 0.2) is 47.6 Å². The van der Waals surface area contributed by atoms with Gasteiger partial charge in [0.1, 0.15) is 0 Å². The van der Waals surface area contributed by atoms with Crippen LogP contribution >= 0.6 is 35.0 Å². The van der Waals surface area contributed by atoms with Crippen LogP contribution in [-0.2, 0) is 17.9 Å². The van der Waals surface area contributed by atoms with E-state index >= 15 is 0 Å². The van der Waals surface area contributed by atoms with Gasteiger partial charge in [-0.25, -0.2) is 0 Å². The minimum atomic E-state index is -0.565. The van der Waals surface area contributed by atoms with Crippen molar-refractivity contribution in [3.8, 4) is 0 Å². The molecule has 3 rings (SSSR count). The fraction of sp³-hybridized carbons (Fsp3) is 0.200. The Morgan fingerprint density at radius 1 is 1.18 bits per heavy atom. The van der Waals surface area contributed by atoms with Crippen LogP contribution in [0.4, 0.5) is 11.4 Å². The molecule has 0 aliphatic carbocycles. The highest BCUT2D eigenvalue weighted by molar-refractivity contribution is 7.99. The maximum absolute atomic E-state index is 12.4. The maximum atomic E-state index is 12.4. The third-order valence-corrected chi connectivity index (χ3v) is 5.90. The predicted octanol–water partition coefficient (Wildman–Crippen LogP) is 4.17. The number of halogens is 2. The van der Waals surface area contributed by atoms with Crippen LogP contribution in [-0.4, -0.2) is 37.3 Å². The number of benzene rings is 2. The number of thioether (sulfide) groups is 1. The van der Waals surface area contributed by atoms with Crippen molar-refractivity contribution in [2.45, 2.75) is 25.2 Å². The highest BCUT2D eigenvalue weighted by Crippen LogP contribution is 2.26. The summed E-state index contributed by atoms with van der Waals surface area (Å²) >= 11 is 13.2. The van der Waals surface area contributed by atoms with Gasteiger partial charge < -0.3 is 15.2 Å². The van der Waals surface area contributed by atoms with Crippen LogP contribution in [0, 0.1) is 10.1 Å². The number of carbonyl (C=O) groups excluding carboxylic acids is 2. The molecule has 1 aromatic heterocycles. The van der Waals surface area contributed by atoms with Crippen molar-refractivity contribution in [3.63, 3.8) is 0 Å². The molecule has 33 heavy (non-hydrogen) atoms. The zero-order chi connectivity index (χ0) is 24.0. The van der Waals surface area contributed by atoms with E-state index < -0.39 is 10.8 Å². The number of anilines is 1. The summed E-state index contributed by atoms with van der Waals surface area (Å²) in [4.78, 5) is 35.0. The van der Waals surface area contributed by atoms with Crippen molar-refractivity contribution in [3.05, 3.63) is 74.0 Å². The highest BCUT2D eigenvalue weighted by atomic mass is 35.5. The lowest BCUT2D eigenvalue weighted by Gasteiger charge is -2.09. The van der Waals surface area contributed by atoms with E-state index in [1.807, 2.05) is 6.92 Å². The molecule has 2 aromatic carbocycles. The standard InChI is InChI=1S/C20H18Cl2N6O4S/c1-2-27-17(10-23-19(30)12-4-3-5-14(8-12)28(31)32)25-26-20(27)33-11-18(29)24-16-9-13(21)6-7-15(16)22/h3-9H,2,10-11H2,1H3,(H,23,30)(H,24,29). The second-order valence-corrected chi connectivity index (χ2v) is 8.38. The van der Waals surface area contributed by atoms with Crippen LogP contribution in [0.1, 0.15) is 23.1 Å². The first kappa shape index (κ1) is 24.5. The largest absolute Gasteiger partial charge is 0.345 e. The summed E-state index contributed by atoms with van der Waals surface area (Å²) in [7, 11) is 0. The third kappa shape index (κ3) is 6.44. The zero-order valence-corrected chi connectivity index (χ0v) is 19.6. The minimum Gasteiger partial charge on any atom is -0.345 e. The van der Waals surface area contributed by atoms with Crippen molar-refractivity contribution in [2.75, 3.05) is 11.1 Å². The van der Waals surface area contributed by atoms with Gasteiger partial charge in [-0.1, -0.05) is 41.0 Å². The van der Waals surface area contributed by atoms with Crippen molar-refractivity contribution in [2.24, 2.45) is 0 Å². The van der Waals surface area contributed by atoms with Crippen LogP contribution in [0.2, 0.25) is 10.0 Å². The van der Waals surface area contributed by atoms with E-state index in [4.69, 9.17) is 23.2 Å². The van der Waals surface area contributed by atoms with Gasteiger partial charge in [-0.3, -0.25) is 19.7 Å². The molecule has 1 heterocycles. The smallest absolute Gasteiger partial charge is 0.270 e. The van der Waals surface area contributed by atoms with Crippen molar-refractivity contribution < 1.29 is 14.5 Å². The van der Waals surface area contributed by atoms with E-state index in [1.165, 1.54) is 36.0 Å². The number of non-ortho nitro benzene ring substituents is 1. The van der Waals surface area contributed by atoms with E-state index in [9.17, 15) is 19.7 Å². The molecule has 2 amide bonds. The van der Waals surface area contributed by atoms with E-state index in [0.29, 0.717) is 33.3 Å². The van der Waals surface area contributed by atoms with Gasteiger partial charge in [-0.05, 0) is 31.2 Å². The van der Waals surface area contributed by atoms with Crippen molar-refractivity contribution >= 4 is 58.2 Å². The maximum Gasteiger partial charge on any atom is 0.270 e. The monoisotopic (exact) mass is 508 g/mol. The molecular weight excluding hydrogens is 491 g/mol. The Morgan fingerprint density at radius 2 is 1.97 bits per heavy atom. The molecule has 0 radical (unpaired) electrons. The zero-order valence-electron chi connectivity index (χ0n) is 17.2. The molecule has 0 atom stereocenters. The van der Waals surface area contributed by atoms with Gasteiger partial charge in [0.25, 0.3) is 11.6 Å². The lowest BCUT2D eigenvalue weighted by Crippen LogP contribution is -2.25. The first-order valence-corrected chi connectivity index (χ1v) is 11.3. The Bertz CT molecular complexity index is 1200. The molecule has 0 spiro atoms. The first-order valence-electron chi connectivity index (χ1n) is 9.61. The van der Waals surface area contributed by atoms with E-state index in [-0.39, 0.29) is 29.5 Å². The Balaban J connectivity index is 1.60. The van der Waals surface area contributed by atoms with Gasteiger partial charge >= 0.3 is 0 Å². The van der Waals surface area contributed by atoms with Gasteiger partial charge in [-0.2, -0.15) is 0 Å². The van der Waals surface area contributed by atoms with Crippen molar-refractivity contribution in [1.82, 2.24) is 20.1 Å². The summed E-state index contributed by atoms with van der Waals surface area (Å²) in [5, 5.41) is 25.8. The molecule has 10 nitrogen and oxygen atoms in total. The summed E-state index contributed by atoms with van der Waals surface area (Å²) in [6.45, 7) is 2.46. The fourth-order valence-corrected chi connectivity index (χ4v) is 3.96. The molecule has 172 valence electrons.